The molecule has 0 atom stereocenters. The fourth-order valence-corrected chi connectivity index (χ4v) is 5.74. The predicted octanol–water partition coefficient (Wildman–Crippen LogP) is 6.42. The van der Waals surface area contributed by atoms with Gasteiger partial charge in [-0.25, -0.2) is 0 Å². The van der Waals surface area contributed by atoms with E-state index in [1.54, 1.807) is 0 Å². The van der Waals surface area contributed by atoms with E-state index in [1.807, 2.05) is 0 Å². The molecular weight excluding hydrogens is 320 g/mol. The highest BCUT2D eigenvalue weighted by molar-refractivity contribution is 6.75. The van der Waals surface area contributed by atoms with E-state index in [0.717, 1.165) is 0 Å². The molecule has 130 valence electrons. The molecule has 0 N–H and O–H groups in total. The molecule has 24 heavy (non-hydrogen) atoms. The van der Waals surface area contributed by atoms with Gasteiger partial charge in [-0.1, -0.05) is 80.7 Å². The molecule has 0 aliphatic carbocycles. The van der Waals surface area contributed by atoms with Crippen molar-refractivity contribution >= 4 is 16.9 Å². The molecule has 0 heterocycles. The summed E-state index contributed by atoms with van der Waals surface area (Å²) in [7, 11) is -1.51. The monoisotopic (exact) mass is 354 g/mol. The first-order chi connectivity index (χ1) is 11.2. The summed E-state index contributed by atoms with van der Waals surface area (Å²) in [6.45, 7) is 16.7. The molecule has 0 aliphatic rings. The second-order valence-electron chi connectivity index (χ2n) is 8.97. The van der Waals surface area contributed by atoms with Crippen LogP contribution in [0.1, 0.15) is 22.3 Å². The Morgan fingerprint density at radius 2 is 1.29 bits per heavy atom. The molecule has 2 heteroatoms. The summed E-state index contributed by atoms with van der Waals surface area (Å²) in [5, 5.41) is 0. The Hall–Kier alpha value is -1.13. The van der Waals surface area contributed by atoms with Crippen LogP contribution in [0, 0.1) is 13.8 Å². The maximum Gasteiger partial charge on any atom is 0.0487 e. The minimum absolute atomic E-state index is 0.456. The van der Waals surface area contributed by atoms with E-state index in [9.17, 15) is 0 Å². The topological polar surface area (TPSA) is 0 Å². The van der Waals surface area contributed by atoms with Gasteiger partial charge in [0.15, 0.2) is 0 Å². The fraction of sp³-hybridized carbons (Fsp3) is 0.455. The Balaban J connectivity index is 2.25. The van der Waals surface area contributed by atoms with Crippen molar-refractivity contribution in [2.24, 2.45) is 0 Å². The van der Waals surface area contributed by atoms with Gasteiger partial charge in [-0.05, 0) is 54.1 Å². The molecule has 0 nitrogen and oxygen atoms in total. The van der Waals surface area contributed by atoms with E-state index < -0.39 is 16.9 Å². The molecule has 0 bridgehead atoms. The lowest BCUT2D eigenvalue weighted by Gasteiger charge is -2.18. The van der Waals surface area contributed by atoms with Crippen molar-refractivity contribution < 1.29 is 0 Å². The van der Waals surface area contributed by atoms with E-state index >= 15 is 0 Å². The first kappa shape index (κ1) is 19.2. The van der Waals surface area contributed by atoms with Gasteiger partial charge >= 0.3 is 0 Å². The zero-order valence-electron chi connectivity index (χ0n) is 16.7. The zero-order chi connectivity index (χ0) is 17.9. The van der Waals surface area contributed by atoms with Gasteiger partial charge in [0, 0.05) is 16.9 Å². The molecule has 0 spiro atoms. The lowest BCUT2D eigenvalue weighted by molar-refractivity contribution is 1.11. The highest BCUT2D eigenvalue weighted by Crippen LogP contribution is 2.29. The van der Waals surface area contributed by atoms with Crippen LogP contribution >= 0.6 is 0 Å². The largest absolute Gasteiger partial charge is 0.0722 e. The van der Waals surface area contributed by atoms with Crippen molar-refractivity contribution in [3.63, 3.8) is 0 Å². The van der Waals surface area contributed by atoms with Gasteiger partial charge in [-0.3, -0.25) is 0 Å². The Morgan fingerprint density at radius 3 is 1.75 bits per heavy atom. The van der Waals surface area contributed by atoms with Gasteiger partial charge in [-0.15, -0.1) is 0 Å². The lowest BCUT2D eigenvalue weighted by Crippen LogP contribution is -2.23. The number of hydrogen-bond acceptors (Lipinski definition) is 0. The SMILES string of the molecule is Cc1cc(CC[SiH](C)C)ccc1-c1ccc(C[Si](C)(C)C)cc1C. The van der Waals surface area contributed by atoms with Crippen LogP contribution in [0.3, 0.4) is 0 Å². The average Bonchev–Trinajstić information content (AvgIpc) is 2.44. The molecule has 0 aliphatic heterocycles. The third-order valence-corrected chi connectivity index (χ3v) is 7.53. The highest BCUT2D eigenvalue weighted by atomic mass is 28.3. The molecule has 0 unspecified atom stereocenters. The van der Waals surface area contributed by atoms with Crippen LogP contribution in [-0.4, -0.2) is 16.9 Å². The lowest BCUT2D eigenvalue weighted by atomic mass is 9.94. The maximum atomic E-state index is 2.44. The molecule has 0 saturated heterocycles. The van der Waals surface area contributed by atoms with Gasteiger partial charge in [0.1, 0.15) is 0 Å². The van der Waals surface area contributed by atoms with Crippen molar-refractivity contribution in [2.75, 3.05) is 0 Å². The van der Waals surface area contributed by atoms with Crippen LogP contribution in [-0.2, 0) is 12.5 Å². The van der Waals surface area contributed by atoms with E-state index in [4.69, 9.17) is 0 Å². The zero-order valence-corrected chi connectivity index (χ0v) is 18.8. The second kappa shape index (κ2) is 7.84. The quantitative estimate of drug-likeness (QED) is 0.525. The normalized spacial score (nSPS) is 12.0. The molecule has 0 saturated carbocycles. The van der Waals surface area contributed by atoms with Crippen LogP contribution in [0.2, 0.25) is 38.8 Å². The third kappa shape index (κ3) is 5.46. The molecule has 2 aromatic carbocycles. The highest BCUT2D eigenvalue weighted by Gasteiger charge is 2.15. The Bertz CT molecular complexity index is 694. The predicted molar refractivity (Wildman–Crippen MR) is 116 cm³/mol. The molecule has 0 radical (unpaired) electrons. The van der Waals surface area contributed by atoms with Crippen LogP contribution in [0.15, 0.2) is 36.4 Å². The summed E-state index contributed by atoms with van der Waals surface area (Å²) >= 11 is 0. The van der Waals surface area contributed by atoms with Crippen LogP contribution < -0.4 is 0 Å². The molecule has 2 rings (SSSR count). The van der Waals surface area contributed by atoms with E-state index in [-0.39, 0.29) is 0 Å². The fourth-order valence-electron chi connectivity index (χ4n) is 3.39. The summed E-state index contributed by atoms with van der Waals surface area (Å²) in [6, 6.07) is 16.9. The minimum atomic E-state index is -1.05. The van der Waals surface area contributed by atoms with Crippen LogP contribution in [0.4, 0.5) is 0 Å². The molecule has 0 aromatic heterocycles. The maximum absolute atomic E-state index is 2.44. The smallest absolute Gasteiger partial charge is 0.0487 e. The van der Waals surface area contributed by atoms with Crippen molar-refractivity contribution in [3.8, 4) is 11.1 Å². The van der Waals surface area contributed by atoms with Gasteiger partial charge < -0.3 is 0 Å². The van der Waals surface area contributed by atoms with Crippen LogP contribution in [0.25, 0.3) is 11.1 Å². The van der Waals surface area contributed by atoms with Crippen molar-refractivity contribution in [3.05, 3.63) is 58.7 Å². The number of benzene rings is 2. The van der Waals surface area contributed by atoms with Gasteiger partial charge in [-0.2, -0.15) is 0 Å². The molecule has 2 aromatic rings. The summed E-state index contributed by atoms with van der Waals surface area (Å²) in [6.07, 6.45) is 1.25. The third-order valence-electron chi connectivity index (χ3n) is 4.62. The summed E-state index contributed by atoms with van der Waals surface area (Å²) in [5.74, 6) is 0. The summed E-state index contributed by atoms with van der Waals surface area (Å²) in [4.78, 5) is 0. The molecule has 0 fully saturated rings. The second-order valence-corrected chi connectivity index (χ2v) is 17.8. The number of rotatable bonds is 6. The molecular formula is C22H34Si2. The number of hydrogen-bond donors (Lipinski definition) is 0. The van der Waals surface area contributed by atoms with Gasteiger partial charge in [0.05, 0.1) is 0 Å². The first-order valence-corrected chi connectivity index (χ1v) is 16.2. The Kier molecular flexibility index (Phi) is 6.27. The van der Waals surface area contributed by atoms with Crippen molar-refractivity contribution in [2.45, 2.75) is 65.1 Å². The van der Waals surface area contributed by atoms with Crippen LogP contribution in [0.5, 0.6) is 0 Å². The Morgan fingerprint density at radius 1 is 0.792 bits per heavy atom. The Labute approximate surface area is 151 Å². The van der Waals surface area contributed by atoms with Crippen molar-refractivity contribution in [1.29, 1.82) is 0 Å². The van der Waals surface area contributed by atoms with E-state index in [0.29, 0.717) is 0 Å². The first-order valence-electron chi connectivity index (χ1n) is 9.35. The molecule has 0 amide bonds. The number of aryl methyl sites for hydroxylation is 3. The summed E-state index contributed by atoms with van der Waals surface area (Å²) in [5.41, 5.74) is 8.64. The average molecular weight is 355 g/mol. The van der Waals surface area contributed by atoms with Crippen molar-refractivity contribution in [1.82, 2.24) is 0 Å². The minimum Gasteiger partial charge on any atom is -0.0722 e. The summed E-state index contributed by atoms with van der Waals surface area (Å²) < 4.78 is 0. The van der Waals surface area contributed by atoms with Gasteiger partial charge in [0.2, 0.25) is 0 Å². The standard InChI is InChI=1S/C22H34Si2/c1-17-14-19(12-13-23(3)4)8-10-21(17)22-11-9-20(15-18(22)2)16-24(5,6)7/h8-11,14-15,23H,12-13,16H2,1-7H3. The van der Waals surface area contributed by atoms with E-state index in [1.165, 1.54) is 51.9 Å². The van der Waals surface area contributed by atoms with Gasteiger partial charge in [0.25, 0.3) is 0 Å². The van der Waals surface area contributed by atoms with E-state index in [2.05, 4.69) is 83.0 Å².